The number of carbonyl (C=O) groups is 3. The highest BCUT2D eigenvalue weighted by molar-refractivity contribution is 8.13. The Morgan fingerprint density at radius 2 is 1.94 bits per heavy atom. The van der Waals surface area contributed by atoms with Crippen LogP contribution in [0, 0.1) is 28.6 Å². The molecule has 0 radical (unpaired) electrons. The molecular weight excluding hydrogens is 469 g/mol. The molecule has 9 atom stereocenters. The summed E-state index contributed by atoms with van der Waals surface area (Å²) in [6, 6.07) is -1.02. The molecule has 0 aromatic heterocycles. The molecule has 188 valence electrons. The number of hydrogen-bond donors (Lipinski definition) is 1. The predicted octanol–water partition coefficient (Wildman–Crippen LogP) is 4.43. The number of hydrogen-bond acceptors (Lipinski definition) is 6. The van der Waals surface area contributed by atoms with Gasteiger partial charge in [0.05, 0.1) is 6.10 Å². The monoisotopic (exact) mass is 500 g/mol. The van der Waals surface area contributed by atoms with Crippen LogP contribution in [0.1, 0.15) is 53.4 Å². The summed E-state index contributed by atoms with van der Waals surface area (Å²) in [6.45, 7) is 6.45. The van der Waals surface area contributed by atoms with E-state index in [1.807, 2.05) is 0 Å². The van der Waals surface area contributed by atoms with Crippen molar-refractivity contribution < 1.29 is 37.4 Å². The molecule has 3 saturated carbocycles. The molecule has 4 aliphatic carbocycles. The summed E-state index contributed by atoms with van der Waals surface area (Å²) < 4.78 is 51.8. The Balaban J connectivity index is 1.87. The fourth-order valence-electron chi connectivity index (χ4n) is 7.63. The zero-order valence-electron chi connectivity index (χ0n) is 19.8. The van der Waals surface area contributed by atoms with Crippen molar-refractivity contribution in [1.82, 2.24) is 0 Å². The number of rotatable bonds is 4. The molecule has 3 fully saturated rings. The van der Waals surface area contributed by atoms with Crippen LogP contribution in [-0.4, -0.2) is 51.5 Å². The van der Waals surface area contributed by atoms with Gasteiger partial charge in [-0.3, -0.25) is 14.4 Å². The Bertz CT molecular complexity index is 984. The van der Waals surface area contributed by atoms with Crippen LogP contribution in [-0.2, 0) is 19.1 Å². The number of alkyl halides is 3. The number of aliphatic hydroxyl groups is 1. The molecule has 0 amide bonds. The number of halogens is 3. The number of esters is 1. The highest BCUT2D eigenvalue weighted by Gasteiger charge is 2.78. The standard InChI is InChI=1S/C25H31F3O5S/c1-5-20(31)33-25(21(32)34-12-26)13(2)8-15-16-10-18(27)17-9-14(29)6-7-22(17,3)24(16,28)19(30)11-23(15,25)4/h6-7,9,13,15-16,18-19,30H,5,8,10-12H2,1-4H3/t13?,15-,16+,18?,19?,22-,23-,24-,25-/m0/s1. The molecule has 1 N–H and O–H groups in total. The number of thioether (sulfide) groups is 1. The molecule has 0 bridgehead atoms. The van der Waals surface area contributed by atoms with E-state index in [0.29, 0.717) is 11.8 Å². The maximum absolute atomic E-state index is 17.2. The average Bonchev–Trinajstić information content (AvgIpc) is 2.99. The van der Waals surface area contributed by atoms with Crippen molar-refractivity contribution in [3.05, 3.63) is 23.8 Å². The van der Waals surface area contributed by atoms with Crippen LogP contribution in [0.3, 0.4) is 0 Å². The van der Waals surface area contributed by atoms with Crippen molar-refractivity contribution in [2.75, 3.05) is 6.01 Å². The first-order valence-electron chi connectivity index (χ1n) is 11.7. The first-order valence-corrected chi connectivity index (χ1v) is 12.7. The number of aliphatic hydroxyl groups excluding tert-OH is 1. The van der Waals surface area contributed by atoms with Crippen molar-refractivity contribution in [3.63, 3.8) is 0 Å². The minimum atomic E-state index is -2.30. The number of allylic oxidation sites excluding steroid dienone is 4. The van der Waals surface area contributed by atoms with Crippen LogP contribution in [0.25, 0.3) is 0 Å². The Morgan fingerprint density at radius 1 is 1.26 bits per heavy atom. The number of ketones is 1. The van der Waals surface area contributed by atoms with Crippen LogP contribution >= 0.6 is 11.8 Å². The smallest absolute Gasteiger partial charge is 0.306 e. The Hall–Kier alpha value is -1.61. The van der Waals surface area contributed by atoms with Crippen LogP contribution < -0.4 is 0 Å². The van der Waals surface area contributed by atoms with E-state index in [1.165, 1.54) is 19.1 Å². The molecule has 3 unspecified atom stereocenters. The van der Waals surface area contributed by atoms with Crippen LogP contribution in [0.15, 0.2) is 23.8 Å². The molecule has 0 aromatic carbocycles. The highest BCUT2D eigenvalue weighted by atomic mass is 32.2. The molecule has 4 rings (SSSR count). The van der Waals surface area contributed by atoms with E-state index >= 15 is 8.78 Å². The SMILES string of the molecule is CCC(=O)O[C@]1(C(=O)SCF)C(C)C[C@H]2[C@H]3CC(F)C4=CC(=O)C=C[C@]4(C)[C@@]3(F)C(O)C[C@@]21C. The summed E-state index contributed by atoms with van der Waals surface area (Å²) in [4.78, 5) is 37.8. The third-order valence-corrected chi connectivity index (χ3v) is 9.90. The second kappa shape index (κ2) is 8.22. The van der Waals surface area contributed by atoms with Crippen molar-refractivity contribution in [1.29, 1.82) is 0 Å². The topological polar surface area (TPSA) is 80.7 Å². The largest absolute Gasteiger partial charge is 0.449 e. The summed E-state index contributed by atoms with van der Waals surface area (Å²) in [5.74, 6) is -3.30. The van der Waals surface area contributed by atoms with E-state index < -0.39 is 75.0 Å². The lowest BCUT2D eigenvalue weighted by Crippen LogP contribution is -2.70. The van der Waals surface area contributed by atoms with Gasteiger partial charge in [0.25, 0.3) is 0 Å². The number of fused-ring (bicyclic) bond motifs is 5. The average molecular weight is 501 g/mol. The van der Waals surface area contributed by atoms with Gasteiger partial charge in [-0.25, -0.2) is 13.2 Å². The molecule has 0 saturated heterocycles. The summed E-state index contributed by atoms with van der Waals surface area (Å²) in [7, 11) is 0. The lowest BCUT2D eigenvalue weighted by molar-refractivity contribution is -0.228. The third-order valence-electron chi connectivity index (χ3n) is 9.22. The highest BCUT2D eigenvalue weighted by Crippen LogP contribution is 2.72. The molecule has 5 nitrogen and oxygen atoms in total. The van der Waals surface area contributed by atoms with E-state index in [2.05, 4.69) is 0 Å². The summed E-state index contributed by atoms with van der Waals surface area (Å²) in [5, 5.41) is 10.7. The molecule has 9 heteroatoms. The van der Waals surface area contributed by atoms with Crippen molar-refractivity contribution >= 4 is 28.6 Å². The van der Waals surface area contributed by atoms with Gasteiger partial charge in [-0.2, -0.15) is 0 Å². The van der Waals surface area contributed by atoms with Gasteiger partial charge in [0, 0.05) is 29.1 Å². The summed E-state index contributed by atoms with van der Waals surface area (Å²) in [6.07, 6.45) is 0.160. The van der Waals surface area contributed by atoms with Crippen LogP contribution in [0.5, 0.6) is 0 Å². The fourth-order valence-corrected chi connectivity index (χ4v) is 8.42. The quantitative estimate of drug-likeness (QED) is 0.576. The molecule has 0 spiro atoms. The van der Waals surface area contributed by atoms with Gasteiger partial charge >= 0.3 is 5.97 Å². The van der Waals surface area contributed by atoms with Crippen LogP contribution in [0.4, 0.5) is 13.2 Å². The lowest BCUT2D eigenvalue weighted by atomic mass is 9.44. The van der Waals surface area contributed by atoms with Gasteiger partial charge in [0.2, 0.25) is 5.12 Å². The van der Waals surface area contributed by atoms with E-state index in [-0.39, 0.29) is 31.3 Å². The Labute approximate surface area is 201 Å². The maximum Gasteiger partial charge on any atom is 0.306 e. The third kappa shape index (κ3) is 3.01. The van der Waals surface area contributed by atoms with E-state index in [0.717, 1.165) is 6.08 Å². The van der Waals surface area contributed by atoms with Crippen molar-refractivity contribution in [3.8, 4) is 0 Å². The van der Waals surface area contributed by atoms with Gasteiger partial charge in [-0.15, -0.1) is 0 Å². The normalized spacial score (nSPS) is 47.4. The lowest BCUT2D eigenvalue weighted by Gasteiger charge is -2.63. The van der Waals surface area contributed by atoms with Gasteiger partial charge < -0.3 is 9.84 Å². The molecular formula is C25H31F3O5S. The van der Waals surface area contributed by atoms with Crippen LogP contribution in [0.2, 0.25) is 0 Å². The minimum absolute atomic E-state index is 0.0141. The van der Waals surface area contributed by atoms with Crippen molar-refractivity contribution in [2.24, 2.45) is 28.6 Å². The van der Waals surface area contributed by atoms with Crippen molar-refractivity contribution in [2.45, 2.75) is 76.9 Å². The van der Waals surface area contributed by atoms with E-state index in [1.54, 1.807) is 20.8 Å². The first kappa shape index (κ1) is 25.5. The van der Waals surface area contributed by atoms with Gasteiger partial charge in [0.15, 0.2) is 17.1 Å². The Kier molecular flexibility index (Phi) is 6.16. The summed E-state index contributed by atoms with van der Waals surface area (Å²) >= 11 is 0.396. The van der Waals surface area contributed by atoms with E-state index in [4.69, 9.17) is 4.74 Å². The molecule has 34 heavy (non-hydrogen) atoms. The molecule has 0 heterocycles. The molecule has 0 aliphatic heterocycles. The van der Waals surface area contributed by atoms with Gasteiger partial charge in [-0.05, 0) is 61.6 Å². The maximum atomic E-state index is 17.2. The predicted molar refractivity (Wildman–Crippen MR) is 121 cm³/mol. The van der Waals surface area contributed by atoms with E-state index in [9.17, 15) is 23.9 Å². The number of ether oxygens (including phenoxy) is 1. The fraction of sp³-hybridized carbons (Fsp3) is 0.720. The molecule has 0 aromatic rings. The zero-order valence-corrected chi connectivity index (χ0v) is 20.6. The van der Waals surface area contributed by atoms with Gasteiger partial charge in [-0.1, -0.05) is 26.8 Å². The minimum Gasteiger partial charge on any atom is -0.449 e. The first-order chi connectivity index (χ1) is 15.8. The van der Waals surface area contributed by atoms with Gasteiger partial charge in [0.1, 0.15) is 12.2 Å². The Morgan fingerprint density at radius 3 is 2.56 bits per heavy atom. The number of carbonyl (C=O) groups excluding carboxylic acids is 3. The second-order valence-corrected chi connectivity index (χ2v) is 11.5. The zero-order chi connectivity index (χ0) is 25.3. The molecule has 4 aliphatic rings. The summed E-state index contributed by atoms with van der Waals surface area (Å²) in [5.41, 5.74) is -6.84. The second-order valence-electron chi connectivity index (χ2n) is 10.6.